The lowest BCUT2D eigenvalue weighted by atomic mass is 10.0. The van der Waals surface area contributed by atoms with Crippen molar-refractivity contribution < 1.29 is 9.53 Å². The number of nitrogens with one attached hydrogen (secondary N) is 1. The molecule has 1 amide bonds. The Balaban J connectivity index is 1.93. The van der Waals surface area contributed by atoms with E-state index in [0.29, 0.717) is 19.1 Å². The number of amides is 1. The van der Waals surface area contributed by atoms with E-state index in [1.165, 1.54) is 0 Å². The van der Waals surface area contributed by atoms with Gasteiger partial charge in [-0.3, -0.25) is 4.79 Å². The van der Waals surface area contributed by atoms with Gasteiger partial charge >= 0.3 is 0 Å². The molecule has 1 N–H and O–H groups in total. The summed E-state index contributed by atoms with van der Waals surface area (Å²) in [5.74, 6) is 1.48. The Morgan fingerprint density at radius 2 is 2.10 bits per heavy atom. The summed E-state index contributed by atoms with van der Waals surface area (Å²) in [7, 11) is 1.87. The Kier molecular flexibility index (Phi) is 5.01. The quantitative estimate of drug-likeness (QED) is 0.895. The Labute approximate surface area is 121 Å². The number of likely N-dealkylation sites (N-methyl/N-ethyl adjacent to an activating group) is 1. The molecule has 0 bridgehead atoms. The van der Waals surface area contributed by atoms with Gasteiger partial charge in [-0.1, -0.05) is 19.1 Å². The third-order valence-corrected chi connectivity index (χ3v) is 3.83. The van der Waals surface area contributed by atoms with Crippen molar-refractivity contribution in [2.24, 2.45) is 5.92 Å². The molecule has 0 saturated carbocycles. The highest BCUT2D eigenvalue weighted by molar-refractivity contribution is 5.82. The van der Waals surface area contributed by atoms with Gasteiger partial charge in [0, 0.05) is 13.6 Å². The molecule has 4 heteroatoms. The van der Waals surface area contributed by atoms with Crippen LogP contribution in [0.25, 0.3) is 0 Å². The van der Waals surface area contributed by atoms with Crippen LogP contribution in [0.2, 0.25) is 0 Å². The minimum Gasteiger partial charge on any atom is -0.494 e. The molecule has 1 saturated heterocycles. The maximum absolute atomic E-state index is 12.4. The standard InChI is InChI=1S/C16H24N2O2/c1-4-20-14-7-5-13(6-8-14)11-18(3)16(19)15-12(2)9-10-17-15/h5-8,12,15,17H,4,9-11H2,1-3H3. The molecule has 0 aliphatic carbocycles. The topological polar surface area (TPSA) is 41.6 Å². The molecule has 20 heavy (non-hydrogen) atoms. The smallest absolute Gasteiger partial charge is 0.240 e. The minimum absolute atomic E-state index is 0.0253. The van der Waals surface area contributed by atoms with Crippen LogP contribution < -0.4 is 10.1 Å². The molecule has 1 aromatic rings. The van der Waals surface area contributed by atoms with Crippen molar-refractivity contribution in [1.29, 1.82) is 0 Å². The number of rotatable bonds is 5. The Morgan fingerprint density at radius 1 is 1.40 bits per heavy atom. The molecule has 0 radical (unpaired) electrons. The second kappa shape index (κ2) is 6.75. The molecule has 110 valence electrons. The van der Waals surface area contributed by atoms with Crippen LogP contribution in [0.5, 0.6) is 5.75 Å². The molecule has 1 aromatic carbocycles. The molecule has 2 rings (SSSR count). The Bertz CT molecular complexity index is 444. The van der Waals surface area contributed by atoms with Crippen molar-refractivity contribution in [1.82, 2.24) is 10.2 Å². The van der Waals surface area contributed by atoms with Crippen molar-refractivity contribution in [2.75, 3.05) is 20.2 Å². The van der Waals surface area contributed by atoms with Gasteiger partial charge < -0.3 is 15.0 Å². The highest BCUT2D eigenvalue weighted by Crippen LogP contribution is 2.18. The van der Waals surface area contributed by atoms with E-state index in [9.17, 15) is 4.79 Å². The van der Waals surface area contributed by atoms with E-state index in [4.69, 9.17) is 4.74 Å². The molecular weight excluding hydrogens is 252 g/mol. The van der Waals surface area contributed by atoms with Crippen LogP contribution in [0.1, 0.15) is 25.8 Å². The average Bonchev–Trinajstić information content (AvgIpc) is 2.86. The third kappa shape index (κ3) is 3.51. The van der Waals surface area contributed by atoms with Crippen molar-refractivity contribution >= 4 is 5.91 Å². The monoisotopic (exact) mass is 276 g/mol. The van der Waals surface area contributed by atoms with E-state index in [1.54, 1.807) is 4.90 Å². The van der Waals surface area contributed by atoms with Gasteiger partial charge in [-0.2, -0.15) is 0 Å². The zero-order valence-electron chi connectivity index (χ0n) is 12.6. The Hall–Kier alpha value is -1.55. The maximum Gasteiger partial charge on any atom is 0.240 e. The number of carbonyl (C=O) groups excluding carboxylic acids is 1. The van der Waals surface area contributed by atoms with Crippen molar-refractivity contribution in [3.63, 3.8) is 0 Å². The van der Waals surface area contributed by atoms with Crippen LogP contribution in [-0.4, -0.2) is 37.0 Å². The van der Waals surface area contributed by atoms with Gasteiger partial charge in [0.15, 0.2) is 0 Å². The number of nitrogens with zero attached hydrogens (tertiary/aromatic N) is 1. The second-order valence-corrected chi connectivity index (χ2v) is 5.47. The highest BCUT2D eigenvalue weighted by Gasteiger charge is 2.31. The first-order chi connectivity index (χ1) is 9.61. The lowest BCUT2D eigenvalue weighted by Gasteiger charge is -2.23. The van der Waals surface area contributed by atoms with Crippen LogP contribution in [0, 0.1) is 5.92 Å². The van der Waals surface area contributed by atoms with Gasteiger partial charge in [0.1, 0.15) is 5.75 Å². The average molecular weight is 276 g/mol. The first-order valence-electron chi connectivity index (χ1n) is 7.32. The number of hydrogen-bond acceptors (Lipinski definition) is 3. The maximum atomic E-state index is 12.4. The fourth-order valence-corrected chi connectivity index (χ4v) is 2.61. The summed E-state index contributed by atoms with van der Waals surface area (Å²) in [4.78, 5) is 14.2. The van der Waals surface area contributed by atoms with Crippen LogP contribution in [0.15, 0.2) is 24.3 Å². The normalized spacial score (nSPS) is 21.8. The summed E-state index contributed by atoms with van der Waals surface area (Å²) in [6.45, 7) is 6.34. The van der Waals surface area contributed by atoms with Gasteiger partial charge in [-0.25, -0.2) is 0 Å². The van der Waals surface area contributed by atoms with Gasteiger partial charge in [-0.05, 0) is 43.5 Å². The number of hydrogen-bond donors (Lipinski definition) is 1. The molecule has 1 fully saturated rings. The van der Waals surface area contributed by atoms with Crippen LogP contribution >= 0.6 is 0 Å². The van der Waals surface area contributed by atoms with Gasteiger partial charge in [0.25, 0.3) is 0 Å². The van der Waals surface area contributed by atoms with E-state index in [1.807, 2.05) is 38.2 Å². The molecule has 1 heterocycles. The fourth-order valence-electron chi connectivity index (χ4n) is 2.61. The van der Waals surface area contributed by atoms with E-state index in [2.05, 4.69) is 12.2 Å². The summed E-state index contributed by atoms with van der Waals surface area (Å²) in [5.41, 5.74) is 1.12. The zero-order valence-corrected chi connectivity index (χ0v) is 12.6. The lowest BCUT2D eigenvalue weighted by molar-refractivity contribution is -0.133. The summed E-state index contributed by atoms with van der Waals surface area (Å²) < 4.78 is 5.42. The van der Waals surface area contributed by atoms with E-state index in [-0.39, 0.29) is 11.9 Å². The molecular formula is C16H24N2O2. The lowest BCUT2D eigenvalue weighted by Crippen LogP contribution is -2.43. The fraction of sp³-hybridized carbons (Fsp3) is 0.562. The summed E-state index contributed by atoms with van der Waals surface area (Å²) in [6.07, 6.45) is 1.08. The van der Waals surface area contributed by atoms with Crippen LogP contribution in [-0.2, 0) is 11.3 Å². The van der Waals surface area contributed by atoms with Crippen molar-refractivity contribution in [2.45, 2.75) is 32.9 Å². The van der Waals surface area contributed by atoms with Crippen molar-refractivity contribution in [3.8, 4) is 5.75 Å². The van der Waals surface area contributed by atoms with Gasteiger partial charge in [-0.15, -0.1) is 0 Å². The first kappa shape index (κ1) is 14.9. The molecule has 1 aliphatic heterocycles. The molecule has 1 aliphatic rings. The predicted molar refractivity (Wildman–Crippen MR) is 79.7 cm³/mol. The zero-order chi connectivity index (χ0) is 14.5. The SMILES string of the molecule is CCOc1ccc(CN(C)C(=O)C2NCCC2C)cc1. The van der Waals surface area contributed by atoms with Gasteiger partial charge in [0.05, 0.1) is 12.6 Å². The Morgan fingerprint density at radius 3 is 2.65 bits per heavy atom. The second-order valence-electron chi connectivity index (χ2n) is 5.47. The number of ether oxygens (including phenoxy) is 1. The first-order valence-corrected chi connectivity index (χ1v) is 7.32. The molecule has 4 nitrogen and oxygen atoms in total. The van der Waals surface area contributed by atoms with E-state index >= 15 is 0 Å². The van der Waals surface area contributed by atoms with Crippen LogP contribution in [0.4, 0.5) is 0 Å². The number of benzene rings is 1. The largest absolute Gasteiger partial charge is 0.494 e. The number of carbonyl (C=O) groups is 1. The van der Waals surface area contributed by atoms with E-state index in [0.717, 1.165) is 24.3 Å². The minimum atomic E-state index is -0.0253. The third-order valence-electron chi connectivity index (χ3n) is 3.83. The highest BCUT2D eigenvalue weighted by atomic mass is 16.5. The van der Waals surface area contributed by atoms with E-state index < -0.39 is 0 Å². The summed E-state index contributed by atoms with van der Waals surface area (Å²) >= 11 is 0. The summed E-state index contributed by atoms with van der Waals surface area (Å²) in [5, 5.41) is 3.29. The van der Waals surface area contributed by atoms with Crippen molar-refractivity contribution in [3.05, 3.63) is 29.8 Å². The molecule has 0 spiro atoms. The summed E-state index contributed by atoms with van der Waals surface area (Å²) in [6, 6.07) is 7.91. The molecule has 2 atom stereocenters. The van der Waals surface area contributed by atoms with Crippen LogP contribution in [0.3, 0.4) is 0 Å². The van der Waals surface area contributed by atoms with Gasteiger partial charge in [0.2, 0.25) is 5.91 Å². The predicted octanol–water partition coefficient (Wildman–Crippen LogP) is 2.04. The molecule has 0 aromatic heterocycles. The molecule has 2 unspecified atom stereocenters.